The lowest BCUT2D eigenvalue weighted by Gasteiger charge is -2.31. The maximum absolute atomic E-state index is 13.2. The topological polar surface area (TPSA) is 115 Å². The van der Waals surface area contributed by atoms with Crippen LogP contribution < -0.4 is 0 Å². The minimum absolute atomic E-state index is 0.184. The van der Waals surface area contributed by atoms with Crippen LogP contribution in [-0.4, -0.2) is 66.4 Å². The van der Waals surface area contributed by atoms with Crippen molar-refractivity contribution in [1.82, 2.24) is 9.88 Å². The van der Waals surface area contributed by atoms with E-state index in [0.29, 0.717) is 30.8 Å². The molecule has 2 aliphatic heterocycles. The Bertz CT molecular complexity index is 1300. The number of aromatic hydroxyl groups is 1. The fourth-order valence-electron chi connectivity index (χ4n) is 5.98. The fourth-order valence-corrected chi connectivity index (χ4v) is 5.98. The predicted octanol–water partition coefficient (Wildman–Crippen LogP) is 3.84. The summed E-state index contributed by atoms with van der Waals surface area (Å²) in [6.45, 7) is 0.610. The van der Waals surface area contributed by atoms with Crippen LogP contribution in [0, 0.1) is 17.8 Å². The smallest absolute Gasteiger partial charge is 0.423 e. The number of rotatable bonds is 7. The van der Waals surface area contributed by atoms with E-state index in [4.69, 9.17) is 14.2 Å². The number of hydrogen-bond donors (Lipinski definition) is 1. The summed E-state index contributed by atoms with van der Waals surface area (Å²) in [5, 5.41) is 9.92. The first-order valence-electron chi connectivity index (χ1n) is 12.6. The van der Waals surface area contributed by atoms with E-state index in [0.717, 1.165) is 35.1 Å². The van der Waals surface area contributed by atoms with Crippen molar-refractivity contribution < 1.29 is 33.7 Å². The van der Waals surface area contributed by atoms with Crippen molar-refractivity contribution in [3.8, 4) is 5.75 Å². The van der Waals surface area contributed by atoms with Crippen molar-refractivity contribution in [2.75, 3.05) is 27.4 Å². The summed E-state index contributed by atoms with van der Waals surface area (Å²) < 4.78 is 16.4. The molecule has 0 bridgehead atoms. The molecule has 2 aromatic rings. The number of allylic oxidation sites excluding steroid dienone is 1. The minimum Gasteiger partial charge on any atom is -0.508 e. The number of carbonyl (C=O) groups excluding carboxylic acids is 3. The predicted molar refractivity (Wildman–Crippen MR) is 137 cm³/mol. The van der Waals surface area contributed by atoms with Gasteiger partial charge in [0.15, 0.2) is 0 Å². The number of carbonyl (C=O) groups is 3. The van der Waals surface area contributed by atoms with Gasteiger partial charge in [0.2, 0.25) is 11.8 Å². The zero-order valence-corrected chi connectivity index (χ0v) is 21.3. The standard InChI is InChI=1S/C29H30N2O7/c1-36-15-19-14-21-26(28(34)31(27(21)33)29(35)37-2)22-16-38-24(25(19)22)10-9-18(23-8-3-4-11-30-23)12-17-6-5-7-20(32)13-17/h3-8,11-13,21-22,24,26,32H,9-10,14-16H2,1-2H3/b18-12-/t21-,22+,24-,26-/m1/s1. The molecule has 4 atom stereocenters. The zero-order chi connectivity index (χ0) is 26.8. The van der Waals surface area contributed by atoms with Gasteiger partial charge in [0, 0.05) is 19.2 Å². The highest BCUT2D eigenvalue weighted by Crippen LogP contribution is 2.50. The number of pyridine rings is 1. The Morgan fingerprint density at radius 2 is 2.00 bits per heavy atom. The van der Waals surface area contributed by atoms with Crippen molar-refractivity contribution in [3.05, 3.63) is 71.1 Å². The Morgan fingerprint density at radius 1 is 1.16 bits per heavy atom. The number of benzene rings is 1. The van der Waals surface area contributed by atoms with Crippen LogP contribution in [-0.2, 0) is 23.8 Å². The lowest BCUT2D eigenvalue weighted by atomic mass is 9.69. The average molecular weight is 519 g/mol. The van der Waals surface area contributed by atoms with E-state index in [-0.39, 0.29) is 24.4 Å². The number of methoxy groups -OCH3 is 2. The van der Waals surface area contributed by atoms with Gasteiger partial charge < -0.3 is 19.3 Å². The maximum Gasteiger partial charge on any atom is 0.423 e. The molecule has 3 amide bonds. The van der Waals surface area contributed by atoms with Gasteiger partial charge in [-0.1, -0.05) is 18.2 Å². The first-order chi connectivity index (χ1) is 18.4. The molecule has 1 aromatic carbocycles. The van der Waals surface area contributed by atoms with Crippen LogP contribution in [0.5, 0.6) is 5.75 Å². The second kappa shape index (κ2) is 10.9. The molecule has 0 spiro atoms. The number of fused-ring (bicyclic) bond motifs is 3. The molecule has 3 aliphatic rings. The first kappa shape index (κ1) is 25.8. The summed E-state index contributed by atoms with van der Waals surface area (Å²) in [7, 11) is 2.75. The van der Waals surface area contributed by atoms with E-state index in [1.807, 2.05) is 30.3 Å². The van der Waals surface area contributed by atoms with Gasteiger partial charge in [-0.05, 0) is 71.9 Å². The molecule has 9 heteroatoms. The van der Waals surface area contributed by atoms with Crippen molar-refractivity contribution in [2.45, 2.75) is 25.4 Å². The van der Waals surface area contributed by atoms with Gasteiger partial charge in [0.25, 0.3) is 0 Å². The number of aromatic nitrogens is 1. The van der Waals surface area contributed by atoms with E-state index in [9.17, 15) is 19.5 Å². The second-order valence-corrected chi connectivity index (χ2v) is 9.76. The van der Waals surface area contributed by atoms with Crippen LogP contribution in [0.3, 0.4) is 0 Å². The summed E-state index contributed by atoms with van der Waals surface area (Å²) in [6.07, 6.45) is 4.12. The Labute approximate surface area is 220 Å². The SMILES string of the molecule is COCC1=C2[C@@H](CC/C(=C/c3cccc(O)c3)c3ccccn3)OC[C@@H]2[C@@H]2C(=O)N(C(=O)OC)C(=O)[C@@H]2C1. The van der Waals surface area contributed by atoms with Crippen molar-refractivity contribution in [2.24, 2.45) is 17.8 Å². The molecule has 38 heavy (non-hydrogen) atoms. The molecule has 1 N–H and O–H groups in total. The van der Waals surface area contributed by atoms with E-state index >= 15 is 0 Å². The molecule has 3 heterocycles. The number of imide groups is 3. The molecular formula is C29H30N2O7. The van der Waals surface area contributed by atoms with E-state index in [1.54, 1.807) is 31.5 Å². The lowest BCUT2D eigenvalue weighted by Crippen LogP contribution is -2.38. The highest BCUT2D eigenvalue weighted by atomic mass is 16.5. The van der Waals surface area contributed by atoms with Crippen LogP contribution in [0.1, 0.15) is 30.5 Å². The van der Waals surface area contributed by atoms with Crippen molar-refractivity contribution in [3.63, 3.8) is 0 Å². The lowest BCUT2D eigenvalue weighted by molar-refractivity contribution is -0.137. The number of phenols is 1. The van der Waals surface area contributed by atoms with Crippen LogP contribution in [0.15, 0.2) is 59.8 Å². The normalized spacial score (nSPS) is 25.0. The van der Waals surface area contributed by atoms with E-state index in [2.05, 4.69) is 4.98 Å². The number of hydrogen-bond acceptors (Lipinski definition) is 8. The summed E-state index contributed by atoms with van der Waals surface area (Å²) >= 11 is 0. The third-order valence-electron chi connectivity index (χ3n) is 7.56. The van der Waals surface area contributed by atoms with Crippen molar-refractivity contribution >= 4 is 29.6 Å². The second-order valence-electron chi connectivity index (χ2n) is 9.76. The van der Waals surface area contributed by atoms with Crippen LogP contribution >= 0.6 is 0 Å². The number of phenolic OH excluding ortho intramolecular Hbond substituents is 1. The first-order valence-corrected chi connectivity index (χ1v) is 12.6. The van der Waals surface area contributed by atoms with Gasteiger partial charge in [-0.15, -0.1) is 0 Å². The van der Waals surface area contributed by atoms with Crippen LogP contribution in [0.25, 0.3) is 11.6 Å². The van der Waals surface area contributed by atoms with Crippen molar-refractivity contribution in [1.29, 1.82) is 0 Å². The molecule has 198 valence electrons. The molecule has 2 saturated heterocycles. The largest absolute Gasteiger partial charge is 0.508 e. The van der Waals surface area contributed by atoms with Gasteiger partial charge in [0.1, 0.15) is 5.75 Å². The molecule has 0 radical (unpaired) electrons. The van der Waals surface area contributed by atoms with Gasteiger partial charge in [-0.3, -0.25) is 14.6 Å². The third kappa shape index (κ3) is 4.75. The minimum atomic E-state index is -0.947. The number of amides is 3. The van der Waals surface area contributed by atoms with Gasteiger partial charge in [-0.2, -0.15) is 4.90 Å². The summed E-state index contributed by atoms with van der Waals surface area (Å²) in [6, 6.07) is 12.8. The molecule has 1 aromatic heterocycles. The average Bonchev–Trinajstić information content (AvgIpc) is 3.45. The molecule has 5 rings (SSSR count). The third-order valence-corrected chi connectivity index (χ3v) is 7.56. The van der Waals surface area contributed by atoms with Gasteiger partial charge in [-0.25, -0.2) is 4.79 Å². The Hall–Kier alpha value is -3.82. The Morgan fingerprint density at radius 3 is 2.71 bits per heavy atom. The molecule has 9 nitrogen and oxygen atoms in total. The number of likely N-dealkylation sites (tertiary alicyclic amines) is 1. The summed E-state index contributed by atoms with van der Waals surface area (Å²) in [5.74, 6) is -2.44. The van der Waals surface area contributed by atoms with E-state index < -0.39 is 29.7 Å². The Kier molecular flexibility index (Phi) is 7.40. The molecular weight excluding hydrogens is 488 g/mol. The van der Waals surface area contributed by atoms with Gasteiger partial charge >= 0.3 is 6.09 Å². The molecule has 0 saturated carbocycles. The van der Waals surface area contributed by atoms with Gasteiger partial charge in [0.05, 0.1) is 44.0 Å². The highest BCUT2D eigenvalue weighted by Gasteiger charge is 2.58. The Balaban J connectivity index is 1.43. The van der Waals surface area contributed by atoms with Crippen LogP contribution in [0.4, 0.5) is 4.79 Å². The number of ether oxygens (including phenoxy) is 3. The molecule has 1 aliphatic carbocycles. The summed E-state index contributed by atoms with van der Waals surface area (Å²) in [5.41, 5.74) is 4.61. The van der Waals surface area contributed by atoms with E-state index in [1.165, 1.54) is 0 Å². The molecule has 0 unspecified atom stereocenters. The number of nitrogens with zero attached hydrogens (tertiary/aromatic N) is 2. The maximum atomic E-state index is 13.2. The molecule has 2 fully saturated rings. The highest BCUT2D eigenvalue weighted by molar-refractivity contribution is 6.16. The zero-order valence-electron chi connectivity index (χ0n) is 21.3. The fraction of sp³-hybridized carbons (Fsp3) is 0.379. The summed E-state index contributed by atoms with van der Waals surface area (Å²) in [4.78, 5) is 43.6. The monoisotopic (exact) mass is 518 g/mol. The van der Waals surface area contributed by atoms with Crippen LogP contribution in [0.2, 0.25) is 0 Å². The quantitative estimate of drug-likeness (QED) is 0.434.